The molecule has 0 bridgehead atoms. The maximum atomic E-state index is 13.8. The van der Waals surface area contributed by atoms with Crippen molar-refractivity contribution in [3.8, 4) is 0 Å². The number of ketones is 1. The topological polar surface area (TPSA) is 17.1 Å². The molecule has 0 aliphatic carbocycles. The first-order chi connectivity index (χ1) is 19.7. The third-order valence-electron chi connectivity index (χ3n) is 6.79. The number of hydrogen-bond acceptors (Lipinski definition) is 1. The van der Waals surface area contributed by atoms with Crippen LogP contribution < -0.4 is 21.2 Å². The number of carbonyl (C=O) groups is 1. The SMILES string of the molecule is O=C(C=P(CC[PH+](c1ccccc1)c1ccccc1)(c1ccccc1)c1ccccc1)c1ccccc1.[Cl][Pd][Cl]. The first-order valence-electron chi connectivity index (χ1n) is 12.9. The molecular weight excluding hydrogens is 664 g/mol. The number of carbonyl (C=O) groups excluding carboxylic acids is 1. The van der Waals surface area contributed by atoms with Crippen LogP contribution in [0.3, 0.4) is 0 Å². The van der Waals surface area contributed by atoms with Crippen molar-refractivity contribution in [2.75, 3.05) is 12.3 Å². The summed E-state index contributed by atoms with van der Waals surface area (Å²) < 4.78 is 0. The van der Waals surface area contributed by atoms with Crippen molar-refractivity contribution in [3.63, 3.8) is 0 Å². The van der Waals surface area contributed by atoms with Crippen LogP contribution in [0.25, 0.3) is 0 Å². The average molecular weight is 695 g/mol. The second-order valence-corrected chi connectivity index (χ2v) is 17.6. The summed E-state index contributed by atoms with van der Waals surface area (Å²) in [7, 11) is 8.58. The summed E-state index contributed by atoms with van der Waals surface area (Å²) in [5, 5.41) is 5.33. The number of halogens is 2. The van der Waals surface area contributed by atoms with Crippen LogP contribution in [-0.4, -0.2) is 23.9 Å². The number of rotatable bonds is 9. The molecule has 5 aromatic rings. The van der Waals surface area contributed by atoms with Crippen LogP contribution in [0.15, 0.2) is 152 Å². The Balaban J connectivity index is 0.00000118. The van der Waals surface area contributed by atoms with Crippen molar-refractivity contribution in [3.05, 3.63) is 157 Å². The third kappa shape index (κ3) is 8.15. The zero-order valence-corrected chi connectivity index (χ0v) is 26.8. The molecule has 0 unspecified atom stereocenters. The predicted molar refractivity (Wildman–Crippen MR) is 178 cm³/mol. The first kappa shape index (κ1) is 30.7. The Labute approximate surface area is 255 Å². The van der Waals surface area contributed by atoms with Crippen LogP contribution in [-0.2, 0) is 15.9 Å². The summed E-state index contributed by atoms with van der Waals surface area (Å²) >= 11 is -0.106. The van der Waals surface area contributed by atoms with Gasteiger partial charge in [0, 0.05) is 11.7 Å². The molecule has 0 aliphatic heterocycles. The summed E-state index contributed by atoms with van der Waals surface area (Å²) in [4.78, 5) is 13.8. The maximum absolute atomic E-state index is 13.8. The third-order valence-corrected chi connectivity index (χ3v) is 14.1. The molecule has 0 aliphatic rings. The summed E-state index contributed by atoms with van der Waals surface area (Å²) in [6.07, 6.45) is 1.98. The Morgan fingerprint density at radius 1 is 0.600 bits per heavy atom. The van der Waals surface area contributed by atoms with E-state index >= 15 is 0 Å². The zero-order valence-electron chi connectivity index (χ0n) is 21.9. The molecule has 0 fully saturated rings. The Kier molecular flexibility index (Phi) is 12.5. The van der Waals surface area contributed by atoms with Gasteiger partial charge in [-0.2, -0.15) is 0 Å². The van der Waals surface area contributed by atoms with Gasteiger partial charge in [0.2, 0.25) is 0 Å². The molecule has 0 atom stereocenters. The molecule has 0 saturated carbocycles. The van der Waals surface area contributed by atoms with Crippen LogP contribution in [0.4, 0.5) is 0 Å². The van der Waals surface area contributed by atoms with E-state index in [1.54, 1.807) is 0 Å². The van der Waals surface area contributed by atoms with E-state index in [4.69, 9.17) is 19.1 Å². The molecule has 5 rings (SSSR count). The van der Waals surface area contributed by atoms with Crippen molar-refractivity contribution in [1.82, 2.24) is 0 Å². The zero-order chi connectivity index (χ0) is 28.0. The van der Waals surface area contributed by atoms with Gasteiger partial charge in [-0.25, -0.2) is 0 Å². The van der Waals surface area contributed by atoms with Gasteiger partial charge in [-0.15, -0.1) is 0 Å². The Hall–Kier alpha value is -2.26. The fraction of sp³-hybridized carbons (Fsp3) is 0.0588. The van der Waals surface area contributed by atoms with E-state index in [9.17, 15) is 4.79 Å². The van der Waals surface area contributed by atoms with Gasteiger partial charge in [0.15, 0.2) is 5.78 Å². The van der Waals surface area contributed by atoms with Crippen LogP contribution in [0, 0.1) is 0 Å². The molecule has 0 radical (unpaired) electrons. The second-order valence-electron chi connectivity index (χ2n) is 9.13. The number of benzene rings is 5. The molecule has 0 heterocycles. The molecule has 5 aromatic carbocycles. The van der Waals surface area contributed by atoms with Crippen molar-refractivity contribution >= 4 is 66.7 Å². The Bertz CT molecular complexity index is 1420. The summed E-state index contributed by atoms with van der Waals surface area (Å²) in [6, 6.07) is 52.9. The van der Waals surface area contributed by atoms with Gasteiger partial charge in [-0.1, -0.05) is 127 Å². The Morgan fingerprint density at radius 2 is 0.950 bits per heavy atom. The fourth-order valence-corrected chi connectivity index (χ4v) is 12.5. The van der Waals surface area contributed by atoms with E-state index in [-0.39, 0.29) is 21.7 Å². The molecule has 1 nitrogen and oxygen atoms in total. The summed E-state index contributed by atoms with van der Waals surface area (Å²) in [5.74, 6) is 2.19. The quantitative estimate of drug-likeness (QED) is 0.0884. The average Bonchev–Trinajstić information content (AvgIpc) is 3.03. The van der Waals surface area contributed by atoms with Crippen LogP contribution >= 0.6 is 33.9 Å². The first-order valence-corrected chi connectivity index (χ1v) is 20.7. The van der Waals surface area contributed by atoms with E-state index in [2.05, 4.69) is 127 Å². The van der Waals surface area contributed by atoms with Crippen LogP contribution in [0.2, 0.25) is 0 Å². The molecule has 40 heavy (non-hydrogen) atoms. The standard InChI is InChI=1S/C34H30OP2.2ClH.Pd/c35-34(29-16-6-1-7-17-29)28-37(32-22-12-4-13-23-32,33-24-14-5-15-25-33)27-26-36(30-18-8-2-9-19-30)31-20-10-3-11-21-31;;;/h1-25,28H,26-27H2;2*1H;/q;;;+2/p-1. The minimum atomic E-state index is -2.17. The number of Topliss-reactive ketones (excluding diaryl/α,β-unsaturated/α-hetero) is 1. The van der Waals surface area contributed by atoms with Crippen molar-refractivity contribution < 1.29 is 20.7 Å². The van der Waals surface area contributed by atoms with Crippen molar-refractivity contribution in [2.24, 2.45) is 0 Å². The summed E-state index contributed by atoms with van der Waals surface area (Å²) in [6.45, 7) is -2.17. The molecule has 206 valence electrons. The summed E-state index contributed by atoms with van der Waals surface area (Å²) in [5.41, 5.74) is 0.746. The normalized spacial score (nSPS) is 11.0. The van der Waals surface area contributed by atoms with E-state index in [1.165, 1.54) is 21.2 Å². The van der Waals surface area contributed by atoms with Crippen molar-refractivity contribution in [1.29, 1.82) is 0 Å². The predicted octanol–water partition coefficient (Wildman–Crippen LogP) is 7.58. The van der Waals surface area contributed by atoms with Gasteiger partial charge in [-0.3, -0.25) is 4.79 Å². The van der Waals surface area contributed by atoms with E-state index in [1.807, 2.05) is 30.3 Å². The van der Waals surface area contributed by atoms with Crippen LogP contribution in [0.1, 0.15) is 10.4 Å². The molecular formula is C34H31Cl2OP2Pd+. The monoisotopic (exact) mass is 693 g/mol. The molecule has 0 amide bonds. The van der Waals surface area contributed by atoms with Gasteiger partial charge in [0.25, 0.3) is 0 Å². The Morgan fingerprint density at radius 3 is 1.35 bits per heavy atom. The fourth-order valence-electron chi connectivity index (χ4n) is 4.91. The van der Waals surface area contributed by atoms with Gasteiger partial charge < -0.3 is 0 Å². The molecule has 0 aromatic heterocycles. The van der Waals surface area contributed by atoms with E-state index in [0.29, 0.717) is 0 Å². The minimum absolute atomic E-state index is 0.106. The van der Waals surface area contributed by atoms with Gasteiger partial charge in [-0.05, 0) is 47.6 Å². The van der Waals surface area contributed by atoms with Gasteiger partial charge >= 0.3 is 35.0 Å². The van der Waals surface area contributed by atoms with Gasteiger partial charge in [0.1, 0.15) is 0 Å². The number of hydrogen-bond donors (Lipinski definition) is 0. The molecule has 0 spiro atoms. The van der Waals surface area contributed by atoms with Crippen LogP contribution in [0.5, 0.6) is 0 Å². The van der Waals surface area contributed by atoms with Crippen molar-refractivity contribution in [2.45, 2.75) is 0 Å². The second kappa shape index (κ2) is 16.3. The molecule has 0 N–H and O–H groups in total. The van der Waals surface area contributed by atoms with E-state index < -0.39 is 14.8 Å². The molecule has 0 saturated heterocycles. The molecule has 6 heteroatoms. The van der Waals surface area contributed by atoms with E-state index in [0.717, 1.165) is 17.9 Å². The van der Waals surface area contributed by atoms with Gasteiger partial charge in [0.05, 0.1) is 24.7 Å².